The molecule has 0 heterocycles. The molecule has 2 N–H and O–H groups in total. The molecule has 1 aliphatic rings. The van der Waals surface area contributed by atoms with Crippen LogP contribution in [0.5, 0.6) is 0 Å². The van der Waals surface area contributed by atoms with Gasteiger partial charge in [-0.15, -0.1) is 0 Å². The van der Waals surface area contributed by atoms with Crippen molar-refractivity contribution in [2.24, 2.45) is 5.14 Å². The molecule has 21 heavy (non-hydrogen) atoms. The number of carbonyl (C=O) groups is 1. The molecule has 0 saturated heterocycles. The highest BCUT2D eigenvalue weighted by molar-refractivity contribution is 7.89. The second-order valence-electron chi connectivity index (χ2n) is 5.50. The van der Waals surface area contributed by atoms with Gasteiger partial charge >= 0.3 is 0 Å². The van der Waals surface area contributed by atoms with Crippen molar-refractivity contribution in [2.75, 3.05) is 7.05 Å². The smallest absolute Gasteiger partial charge is 0.256 e. The van der Waals surface area contributed by atoms with E-state index in [0.29, 0.717) is 0 Å². The minimum absolute atomic E-state index is 0.0798. The van der Waals surface area contributed by atoms with Crippen molar-refractivity contribution in [3.05, 3.63) is 29.1 Å². The molecular weight excluding hydrogens is 295 g/mol. The van der Waals surface area contributed by atoms with Gasteiger partial charge in [-0.1, -0.05) is 12.8 Å². The molecule has 1 saturated carbocycles. The summed E-state index contributed by atoms with van der Waals surface area (Å²) in [7, 11) is -2.37. The van der Waals surface area contributed by atoms with Gasteiger partial charge in [-0.05, 0) is 37.5 Å². The first-order chi connectivity index (χ1) is 9.71. The molecule has 0 radical (unpaired) electrons. The van der Waals surface area contributed by atoms with Crippen LogP contribution in [-0.4, -0.2) is 32.3 Å². The van der Waals surface area contributed by atoms with Crippen LogP contribution in [0.3, 0.4) is 0 Å². The average molecular weight is 314 g/mol. The van der Waals surface area contributed by atoms with E-state index in [1.165, 1.54) is 11.8 Å². The van der Waals surface area contributed by atoms with Crippen LogP contribution < -0.4 is 5.14 Å². The van der Waals surface area contributed by atoms with Gasteiger partial charge in [0, 0.05) is 13.1 Å². The van der Waals surface area contributed by atoms with Crippen LogP contribution >= 0.6 is 0 Å². The number of benzene rings is 1. The summed E-state index contributed by atoms with van der Waals surface area (Å²) < 4.78 is 37.0. The summed E-state index contributed by atoms with van der Waals surface area (Å²) in [6.45, 7) is 1.44. The van der Waals surface area contributed by atoms with Crippen LogP contribution in [0.1, 0.15) is 41.6 Å². The Morgan fingerprint density at radius 2 is 1.90 bits per heavy atom. The highest BCUT2D eigenvalue weighted by atomic mass is 32.2. The fourth-order valence-electron chi connectivity index (χ4n) is 2.77. The number of aryl methyl sites for hydroxylation is 1. The molecule has 116 valence electrons. The summed E-state index contributed by atoms with van der Waals surface area (Å²) in [6.07, 6.45) is 3.86. The standard InChI is InChI=1S/C14H19FN2O3S/c1-9-7-12(15)11(8-13(9)21(16,19)20)14(18)17(2)10-5-3-4-6-10/h7-8,10H,3-6H2,1-2H3,(H2,16,19,20). The van der Waals surface area contributed by atoms with Crippen molar-refractivity contribution in [1.29, 1.82) is 0 Å². The van der Waals surface area contributed by atoms with E-state index in [1.54, 1.807) is 7.05 Å². The third kappa shape index (κ3) is 3.24. The maximum absolute atomic E-state index is 14.0. The molecule has 1 amide bonds. The number of amides is 1. The van der Waals surface area contributed by atoms with Gasteiger partial charge in [0.1, 0.15) is 5.82 Å². The molecule has 1 aliphatic carbocycles. The Morgan fingerprint density at radius 1 is 1.33 bits per heavy atom. The predicted molar refractivity (Wildman–Crippen MR) is 76.9 cm³/mol. The fraction of sp³-hybridized carbons (Fsp3) is 0.500. The number of halogens is 1. The van der Waals surface area contributed by atoms with Gasteiger partial charge in [0.2, 0.25) is 10.0 Å². The predicted octanol–water partition coefficient (Wildman–Crippen LogP) is 1.80. The van der Waals surface area contributed by atoms with Gasteiger partial charge in [0.25, 0.3) is 5.91 Å². The van der Waals surface area contributed by atoms with E-state index in [1.807, 2.05) is 0 Å². The van der Waals surface area contributed by atoms with Crippen LogP contribution in [-0.2, 0) is 10.0 Å². The SMILES string of the molecule is Cc1cc(F)c(C(=O)N(C)C2CCCC2)cc1S(N)(=O)=O. The molecule has 1 aromatic carbocycles. The van der Waals surface area contributed by atoms with Crippen molar-refractivity contribution in [3.8, 4) is 0 Å². The number of carbonyl (C=O) groups excluding carboxylic acids is 1. The van der Waals surface area contributed by atoms with Crippen LogP contribution in [0.25, 0.3) is 0 Å². The molecule has 2 rings (SSSR count). The summed E-state index contributed by atoms with van der Waals surface area (Å²) in [5, 5.41) is 5.10. The van der Waals surface area contributed by atoms with Gasteiger partial charge < -0.3 is 4.90 Å². The molecule has 0 unspecified atom stereocenters. The lowest BCUT2D eigenvalue weighted by Gasteiger charge is -2.24. The third-order valence-corrected chi connectivity index (χ3v) is 5.05. The number of nitrogens with zero attached hydrogens (tertiary/aromatic N) is 1. The first-order valence-electron chi connectivity index (χ1n) is 6.82. The summed E-state index contributed by atoms with van der Waals surface area (Å²) in [5.41, 5.74) is -0.0610. The Bertz CT molecular complexity index is 667. The van der Waals surface area contributed by atoms with E-state index in [0.717, 1.165) is 37.8 Å². The quantitative estimate of drug-likeness (QED) is 0.923. The Labute approximate surface area is 124 Å². The van der Waals surface area contributed by atoms with Crippen molar-refractivity contribution in [3.63, 3.8) is 0 Å². The number of nitrogens with two attached hydrogens (primary N) is 1. The van der Waals surface area contributed by atoms with E-state index in [2.05, 4.69) is 0 Å². The number of sulfonamides is 1. The number of hydrogen-bond acceptors (Lipinski definition) is 3. The number of hydrogen-bond donors (Lipinski definition) is 1. The molecular formula is C14H19FN2O3S. The summed E-state index contributed by atoms with van der Waals surface area (Å²) >= 11 is 0. The normalized spacial score (nSPS) is 16.2. The Hall–Kier alpha value is -1.47. The fourth-order valence-corrected chi connectivity index (χ4v) is 3.56. The molecule has 0 bridgehead atoms. The van der Waals surface area contributed by atoms with Crippen molar-refractivity contribution < 1.29 is 17.6 Å². The molecule has 0 aliphatic heterocycles. The molecule has 0 atom stereocenters. The lowest BCUT2D eigenvalue weighted by Crippen LogP contribution is -2.35. The maximum atomic E-state index is 14.0. The van der Waals surface area contributed by atoms with Crippen LogP contribution in [0.4, 0.5) is 4.39 Å². The Kier molecular flexibility index (Phi) is 4.34. The summed E-state index contributed by atoms with van der Waals surface area (Å²) in [6, 6.07) is 2.15. The molecule has 0 aromatic heterocycles. The zero-order valence-electron chi connectivity index (χ0n) is 12.1. The van der Waals surface area contributed by atoms with Gasteiger partial charge in [0.05, 0.1) is 10.5 Å². The van der Waals surface area contributed by atoms with Crippen LogP contribution in [0.2, 0.25) is 0 Å². The zero-order chi connectivity index (χ0) is 15.8. The minimum Gasteiger partial charge on any atom is -0.339 e. The highest BCUT2D eigenvalue weighted by Crippen LogP contribution is 2.26. The van der Waals surface area contributed by atoms with Crippen molar-refractivity contribution >= 4 is 15.9 Å². The first-order valence-corrected chi connectivity index (χ1v) is 8.36. The van der Waals surface area contributed by atoms with E-state index >= 15 is 0 Å². The van der Waals surface area contributed by atoms with E-state index in [9.17, 15) is 17.6 Å². The molecule has 0 spiro atoms. The van der Waals surface area contributed by atoms with Crippen molar-refractivity contribution in [1.82, 2.24) is 4.90 Å². The first kappa shape index (κ1) is 15.9. The van der Waals surface area contributed by atoms with Gasteiger partial charge in [0.15, 0.2) is 0 Å². The lowest BCUT2D eigenvalue weighted by molar-refractivity contribution is 0.0730. The Morgan fingerprint density at radius 3 is 2.43 bits per heavy atom. The van der Waals surface area contributed by atoms with Gasteiger partial charge in [-0.2, -0.15) is 0 Å². The molecule has 5 nitrogen and oxygen atoms in total. The average Bonchev–Trinajstić information content (AvgIpc) is 2.89. The summed E-state index contributed by atoms with van der Waals surface area (Å²) in [5.74, 6) is -1.24. The lowest BCUT2D eigenvalue weighted by atomic mass is 10.1. The monoisotopic (exact) mass is 314 g/mol. The number of primary sulfonamides is 1. The molecule has 7 heteroatoms. The maximum Gasteiger partial charge on any atom is 0.256 e. The second-order valence-corrected chi connectivity index (χ2v) is 7.03. The molecule has 1 aromatic rings. The van der Waals surface area contributed by atoms with Crippen LogP contribution in [0.15, 0.2) is 17.0 Å². The minimum atomic E-state index is -3.99. The van der Waals surface area contributed by atoms with Crippen molar-refractivity contribution in [2.45, 2.75) is 43.5 Å². The summed E-state index contributed by atoms with van der Waals surface area (Å²) in [4.78, 5) is 13.7. The molecule has 1 fully saturated rings. The number of rotatable bonds is 3. The topological polar surface area (TPSA) is 80.5 Å². The zero-order valence-corrected chi connectivity index (χ0v) is 12.9. The van der Waals surface area contributed by atoms with E-state index in [-0.39, 0.29) is 22.1 Å². The van der Waals surface area contributed by atoms with Gasteiger partial charge in [-0.3, -0.25) is 4.79 Å². The largest absolute Gasteiger partial charge is 0.339 e. The van der Waals surface area contributed by atoms with Gasteiger partial charge in [-0.25, -0.2) is 17.9 Å². The second kappa shape index (κ2) is 5.73. The van der Waals surface area contributed by atoms with Crippen LogP contribution in [0, 0.1) is 12.7 Å². The van der Waals surface area contributed by atoms with E-state index in [4.69, 9.17) is 5.14 Å². The van der Waals surface area contributed by atoms with E-state index < -0.39 is 21.7 Å². The third-order valence-electron chi connectivity index (χ3n) is 3.99. The highest BCUT2D eigenvalue weighted by Gasteiger charge is 2.27. The Balaban J connectivity index is 2.41.